The molecule has 0 amide bonds. The number of para-hydroxylation sites is 1. The minimum absolute atomic E-state index is 0.538. The highest BCUT2D eigenvalue weighted by atomic mass is 32.2. The molecule has 6 nitrogen and oxygen atoms in total. The second kappa shape index (κ2) is 8.65. The molecule has 4 aromatic rings. The lowest BCUT2D eigenvalue weighted by Crippen LogP contribution is -2.10. The highest BCUT2D eigenvalue weighted by Gasteiger charge is 2.10. The van der Waals surface area contributed by atoms with E-state index in [-0.39, 0.29) is 0 Å². The van der Waals surface area contributed by atoms with Crippen molar-refractivity contribution in [2.24, 2.45) is 0 Å². The normalized spacial score (nSPS) is 11.8. The number of benzene rings is 3. The molecule has 158 valence electrons. The molecule has 0 saturated heterocycles. The van der Waals surface area contributed by atoms with E-state index in [9.17, 15) is 8.42 Å². The molecule has 0 aliphatic heterocycles. The number of nitrogens with zero attached hydrogens (tertiary/aromatic N) is 1. The minimum Gasteiger partial charge on any atom is -0.494 e. The molecule has 1 heterocycles. The Bertz CT molecular complexity index is 1340. The number of hydrogen-bond donors (Lipinski definition) is 2. The van der Waals surface area contributed by atoms with Crippen molar-refractivity contribution in [1.82, 2.24) is 9.97 Å². The van der Waals surface area contributed by atoms with Gasteiger partial charge >= 0.3 is 0 Å². The first kappa shape index (κ1) is 20.7. The van der Waals surface area contributed by atoms with Gasteiger partial charge in [0.1, 0.15) is 11.6 Å². The van der Waals surface area contributed by atoms with Gasteiger partial charge in [-0.25, -0.2) is 13.4 Å². The van der Waals surface area contributed by atoms with Crippen molar-refractivity contribution < 1.29 is 13.2 Å². The molecule has 3 aromatic carbocycles. The fraction of sp³-hybridized carbons (Fsp3) is 0.125. The van der Waals surface area contributed by atoms with Crippen LogP contribution in [0.25, 0.3) is 34.3 Å². The van der Waals surface area contributed by atoms with E-state index in [0.29, 0.717) is 12.3 Å². The van der Waals surface area contributed by atoms with Gasteiger partial charge in [-0.1, -0.05) is 42.5 Å². The molecule has 4 rings (SSSR count). The molecule has 0 aliphatic carbocycles. The lowest BCUT2D eigenvalue weighted by Gasteiger charge is -2.10. The van der Waals surface area contributed by atoms with Crippen molar-refractivity contribution in [3.05, 3.63) is 78.1 Å². The molecule has 31 heavy (non-hydrogen) atoms. The van der Waals surface area contributed by atoms with Gasteiger partial charge in [0.05, 0.1) is 29.6 Å². The third-order valence-corrected chi connectivity index (χ3v) is 5.25. The molecule has 0 saturated carbocycles. The van der Waals surface area contributed by atoms with Gasteiger partial charge in [0.15, 0.2) is 0 Å². The van der Waals surface area contributed by atoms with E-state index in [0.717, 1.165) is 45.6 Å². The number of aromatic nitrogens is 2. The summed E-state index contributed by atoms with van der Waals surface area (Å²) < 4.78 is 31.4. The van der Waals surface area contributed by atoms with Crippen molar-refractivity contribution in [3.63, 3.8) is 0 Å². The number of H-pyrrole nitrogens is 1. The van der Waals surface area contributed by atoms with Gasteiger partial charge in [0.25, 0.3) is 0 Å². The van der Waals surface area contributed by atoms with Gasteiger partial charge in [0.2, 0.25) is 10.0 Å². The number of aromatic amines is 1. The van der Waals surface area contributed by atoms with Crippen LogP contribution in [0.1, 0.15) is 18.3 Å². The van der Waals surface area contributed by atoms with Crippen molar-refractivity contribution in [2.45, 2.75) is 6.92 Å². The van der Waals surface area contributed by atoms with E-state index in [4.69, 9.17) is 4.74 Å². The summed E-state index contributed by atoms with van der Waals surface area (Å²) in [6.45, 7) is 2.60. The molecule has 0 atom stereocenters. The first-order valence-corrected chi connectivity index (χ1v) is 11.8. The maximum absolute atomic E-state index is 11.7. The Labute approximate surface area is 181 Å². The molecule has 0 fully saturated rings. The van der Waals surface area contributed by atoms with E-state index in [2.05, 4.69) is 14.7 Å². The van der Waals surface area contributed by atoms with E-state index in [1.54, 1.807) is 12.1 Å². The van der Waals surface area contributed by atoms with Crippen LogP contribution in [0.2, 0.25) is 0 Å². The van der Waals surface area contributed by atoms with Gasteiger partial charge < -0.3 is 9.72 Å². The fourth-order valence-corrected chi connectivity index (χ4v) is 3.89. The summed E-state index contributed by atoms with van der Waals surface area (Å²) in [6, 6.07) is 21.0. The van der Waals surface area contributed by atoms with Crippen molar-refractivity contribution in [3.8, 4) is 16.9 Å². The zero-order valence-electron chi connectivity index (χ0n) is 17.3. The highest BCUT2D eigenvalue weighted by Crippen LogP contribution is 2.30. The predicted octanol–water partition coefficient (Wildman–Crippen LogP) is 5.17. The molecular weight excluding hydrogens is 410 g/mol. The Kier molecular flexibility index (Phi) is 5.77. The van der Waals surface area contributed by atoms with Crippen LogP contribution < -0.4 is 9.46 Å². The average Bonchev–Trinajstić information content (AvgIpc) is 3.15. The van der Waals surface area contributed by atoms with Crippen LogP contribution in [-0.4, -0.2) is 31.2 Å². The van der Waals surface area contributed by atoms with E-state index < -0.39 is 10.0 Å². The second-order valence-corrected chi connectivity index (χ2v) is 8.86. The molecule has 2 N–H and O–H groups in total. The van der Waals surface area contributed by atoms with Crippen LogP contribution in [-0.2, 0) is 10.0 Å². The molecule has 0 bridgehead atoms. The third kappa shape index (κ3) is 5.13. The second-order valence-electron chi connectivity index (χ2n) is 7.11. The van der Waals surface area contributed by atoms with E-state index in [1.807, 2.05) is 73.7 Å². The Morgan fingerprint density at radius 3 is 2.55 bits per heavy atom. The Morgan fingerprint density at radius 1 is 1.03 bits per heavy atom. The van der Waals surface area contributed by atoms with Gasteiger partial charge in [-0.15, -0.1) is 0 Å². The smallest absolute Gasteiger partial charge is 0.229 e. The van der Waals surface area contributed by atoms with Gasteiger partial charge in [-0.05, 0) is 54.5 Å². The van der Waals surface area contributed by atoms with Crippen molar-refractivity contribution in [1.29, 1.82) is 0 Å². The highest BCUT2D eigenvalue weighted by molar-refractivity contribution is 7.92. The maximum Gasteiger partial charge on any atom is 0.229 e. The van der Waals surface area contributed by atoms with Crippen LogP contribution >= 0.6 is 0 Å². The first-order chi connectivity index (χ1) is 14.9. The number of anilines is 1. The summed E-state index contributed by atoms with van der Waals surface area (Å²) in [5.41, 5.74) is 4.97. The van der Waals surface area contributed by atoms with Crippen LogP contribution in [0.15, 0.2) is 66.7 Å². The molecule has 0 radical (unpaired) electrons. The van der Waals surface area contributed by atoms with Crippen LogP contribution in [0.3, 0.4) is 0 Å². The minimum atomic E-state index is -3.37. The SMILES string of the molecule is CCOc1ccc(C=Cc2nc3cc(-c4ccccc4NS(C)(=O)=O)ccc3[nH]2)cc1. The summed E-state index contributed by atoms with van der Waals surface area (Å²) in [5.74, 6) is 1.59. The Morgan fingerprint density at radius 2 is 1.81 bits per heavy atom. The summed E-state index contributed by atoms with van der Waals surface area (Å²) >= 11 is 0. The molecule has 0 aliphatic rings. The molecule has 7 heteroatoms. The standard InChI is InChI=1S/C24H23N3O3S/c1-3-30-19-12-8-17(9-13-19)10-15-24-25-22-14-11-18(16-23(22)26-24)20-6-4-5-7-21(20)27-31(2,28)29/h4-16,27H,3H2,1-2H3,(H,25,26). The van der Waals surface area contributed by atoms with Crippen LogP contribution in [0.4, 0.5) is 5.69 Å². The molecule has 0 unspecified atom stereocenters. The summed E-state index contributed by atoms with van der Waals surface area (Å²) in [4.78, 5) is 7.95. The van der Waals surface area contributed by atoms with Crippen molar-refractivity contribution in [2.75, 3.05) is 17.6 Å². The van der Waals surface area contributed by atoms with Gasteiger partial charge in [-0.2, -0.15) is 0 Å². The number of sulfonamides is 1. The Balaban J connectivity index is 1.61. The Hall–Kier alpha value is -3.58. The number of nitrogens with one attached hydrogen (secondary N) is 2. The quantitative estimate of drug-likeness (QED) is 0.421. The largest absolute Gasteiger partial charge is 0.494 e. The maximum atomic E-state index is 11.7. The predicted molar refractivity (Wildman–Crippen MR) is 127 cm³/mol. The van der Waals surface area contributed by atoms with E-state index >= 15 is 0 Å². The number of ether oxygens (including phenoxy) is 1. The zero-order chi connectivity index (χ0) is 21.8. The van der Waals surface area contributed by atoms with E-state index in [1.165, 1.54) is 0 Å². The monoisotopic (exact) mass is 433 g/mol. The molecule has 0 spiro atoms. The summed E-state index contributed by atoms with van der Waals surface area (Å²) in [5, 5.41) is 0. The van der Waals surface area contributed by atoms with Gasteiger partial charge in [-0.3, -0.25) is 4.72 Å². The summed E-state index contributed by atoms with van der Waals surface area (Å²) in [7, 11) is -3.37. The third-order valence-electron chi connectivity index (χ3n) is 4.66. The van der Waals surface area contributed by atoms with Crippen molar-refractivity contribution >= 4 is 38.9 Å². The van der Waals surface area contributed by atoms with Crippen LogP contribution in [0, 0.1) is 0 Å². The number of hydrogen-bond acceptors (Lipinski definition) is 4. The number of imidazole rings is 1. The lowest BCUT2D eigenvalue weighted by atomic mass is 10.0. The lowest BCUT2D eigenvalue weighted by molar-refractivity contribution is 0.340. The number of fused-ring (bicyclic) bond motifs is 1. The first-order valence-electron chi connectivity index (χ1n) is 9.89. The van der Waals surface area contributed by atoms with Crippen LogP contribution in [0.5, 0.6) is 5.75 Å². The average molecular weight is 434 g/mol. The molecule has 1 aromatic heterocycles. The molecular formula is C24H23N3O3S. The topological polar surface area (TPSA) is 84.1 Å². The zero-order valence-corrected chi connectivity index (χ0v) is 18.1. The summed E-state index contributed by atoms with van der Waals surface area (Å²) in [6.07, 6.45) is 5.05. The fourth-order valence-electron chi connectivity index (χ4n) is 3.31. The van der Waals surface area contributed by atoms with Gasteiger partial charge in [0, 0.05) is 5.56 Å². The number of rotatable bonds is 7.